The Morgan fingerprint density at radius 1 is 1.06 bits per heavy atom. The minimum absolute atomic E-state index is 0.248. The maximum absolute atomic E-state index is 13.0. The Bertz CT molecular complexity index is 1080. The molecule has 2 heterocycles. The highest BCUT2D eigenvalue weighted by Gasteiger charge is 2.34. The summed E-state index contributed by atoms with van der Waals surface area (Å²) in [5, 5.41) is 6.47. The van der Waals surface area contributed by atoms with Gasteiger partial charge in [0.2, 0.25) is 0 Å². The van der Waals surface area contributed by atoms with Gasteiger partial charge < -0.3 is 25.0 Å². The van der Waals surface area contributed by atoms with Crippen molar-refractivity contribution < 1.29 is 19.1 Å². The van der Waals surface area contributed by atoms with Gasteiger partial charge in [0.25, 0.3) is 0 Å². The van der Waals surface area contributed by atoms with E-state index in [9.17, 15) is 9.59 Å². The normalized spacial score (nSPS) is 18.7. The van der Waals surface area contributed by atoms with Crippen molar-refractivity contribution in [2.45, 2.75) is 19.9 Å². The topological polar surface area (TPSA) is 83.1 Å². The lowest BCUT2D eigenvalue weighted by Crippen LogP contribution is -2.51. The molecule has 186 valence electrons. The number of hydrogen-bond donors (Lipinski definition) is 2. The van der Waals surface area contributed by atoms with Gasteiger partial charge in [-0.25, -0.2) is 9.59 Å². The molecule has 1 fully saturated rings. The number of rotatable bonds is 8. The zero-order chi connectivity index (χ0) is 24.8. The van der Waals surface area contributed by atoms with Gasteiger partial charge in [0.1, 0.15) is 5.75 Å². The molecular weight excluding hydrogens is 468 g/mol. The molecule has 8 nitrogen and oxygen atoms in total. The van der Waals surface area contributed by atoms with Crippen molar-refractivity contribution in [3.05, 3.63) is 70.4 Å². The van der Waals surface area contributed by atoms with Crippen molar-refractivity contribution in [2.75, 3.05) is 50.8 Å². The van der Waals surface area contributed by atoms with Crippen LogP contribution in [0.1, 0.15) is 25.5 Å². The number of piperazine rings is 1. The lowest BCUT2D eigenvalue weighted by Gasteiger charge is -2.38. The van der Waals surface area contributed by atoms with Crippen LogP contribution in [0.3, 0.4) is 0 Å². The third kappa shape index (κ3) is 6.07. The molecule has 2 aliphatic heterocycles. The number of carbonyl (C=O) groups excluding carboxylic acids is 2. The van der Waals surface area contributed by atoms with Crippen molar-refractivity contribution in [1.29, 1.82) is 0 Å². The Morgan fingerprint density at radius 2 is 1.80 bits per heavy atom. The highest BCUT2D eigenvalue weighted by atomic mass is 35.5. The van der Waals surface area contributed by atoms with Crippen LogP contribution in [0.2, 0.25) is 5.02 Å². The zero-order valence-corrected chi connectivity index (χ0v) is 20.8. The molecule has 35 heavy (non-hydrogen) atoms. The highest BCUT2D eigenvalue weighted by molar-refractivity contribution is 6.30. The predicted molar refractivity (Wildman–Crippen MR) is 136 cm³/mol. The lowest BCUT2D eigenvalue weighted by atomic mass is 9.94. The SMILES string of the molecule is CCOC(=O)C1=C(CN2CCN(c3cccc(Cl)c3)CC2)NC(=O)N[C@@H]1c1ccc(OCC)cc1. The van der Waals surface area contributed by atoms with Gasteiger partial charge in [-0.1, -0.05) is 29.8 Å². The van der Waals surface area contributed by atoms with Crippen molar-refractivity contribution in [3.63, 3.8) is 0 Å². The Kier molecular flexibility index (Phi) is 8.15. The summed E-state index contributed by atoms with van der Waals surface area (Å²) in [7, 11) is 0. The summed E-state index contributed by atoms with van der Waals surface area (Å²) in [6.07, 6.45) is 0. The van der Waals surface area contributed by atoms with Gasteiger partial charge in [-0.15, -0.1) is 0 Å². The van der Waals surface area contributed by atoms with Crippen LogP contribution in [0, 0.1) is 0 Å². The van der Waals surface area contributed by atoms with Crippen LogP contribution in [0.25, 0.3) is 0 Å². The summed E-state index contributed by atoms with van der Waals surface area (Å²) in [6.45, 7) is 8.14. The summed E-state index contributed by atoms with van der Waals surface area (Å²) in [5.41, 5.74) is 2.87. The average molecular weight is 499 g/mol. The molecule has 2 aromatic carbocycles. The predicted octanol–water partition coefficient (Wildman–Crippen LogP) is 3.73. The van der Waals surface area contributed by atoms with Crippen LogP contribution in [-0.4, -0.2) is 62.8 Å². The molecule has 2 amide bonds. The van der Waals surface area contributed by atoms with Gasteiger partial charge in [0.05, 0.1) is 24.8 Å². The fraction of sp³-hybridized carbons (Fsp3) is 0.385. The van der Waals surface area contributed by atoms with E-state index in [0.29, 0.717) is 29.4 Å². The molecule has 1 saturated heterocycles. The number of urea groups is 1. The van der Waals surface area contributed by atoms with E-state index < -0.39 is 12.0 Å². The molecule has 0 aromatic heterocycles. The number of amides is 2. The molecule has 2 N–H and O–H groups in total. The molecule has 2 aliphatic rings. The minimum atomic E-state index is -0.610. The fourth-order valence-corrected chi connectivity index (χ4v) is 4.61. The summed E-state index contributed by atoms with van der Waals surface area (Å²) in [6, 6.07) is 14.3. The molecule has 0 aliphatic carbocycles. The highest BCUT2D eigenvalue weighted by Crippen LogP contribution is 2.30. The third-order valence-electron chi connectivity index (χ3n) is 6.10. The monoisotopic (exact) mass is 498 g/mol. The van der Waals surface area contributed by atoms with Crippen molar-refractivity contribution in [1.82, 2.24) is 15.5 Å². The van der Waals surface area contributed by atoms with Crippen molar-refractivity contribution >= 4 is 29.3 Å². The first-order valence-electron chi connectivity index (χ1n) is 11.9. The van der Waals surface area contributed by atoms with E-state index in [0.717, 1.165) is 43.2 Å². The van der Waals surface area contributed by atoms with Gasteiger partial charge in [-0.05, 0) is 49.7 Å². The van der Waals surface area contributed by atoms with Gasteiger partial charge in [-0.2, -0.15) is 0 Å². The van der Waals surface area contributed by atoms with Crippen molar-refractivity contribution in [3.8, 4) is 5.75 Å². The summed E-state index contributed by atoms with van der Waals surface area (Å²) >= 11 is 6.16. The van der Waals surface area contributed by atoms with Crippen LogP contribution in [0.4, 0.5) is 10.5 Å². The molecule has 0 radical (unpaired) electrons. The quantitative estimate of drug-likeness (QED) is 0.540. The summed E-state index contributed by atoms with van der Waals surface area (Å²) < 4.78 is 10.9. The second-order valence-corrected chi connectivity index (χ2v) is 8.83. The summed E-state index contributed by atoms with van der Waals surface area (Å²) in [5.74, 6) is 0.294. The number of halogens is 1. The van der Waals surface area contributed by atoms with E-state index in [1.165, 1.54) is 0 Å². The number of nitrogens with one attached hydrogen (secondary N) is 2. The van der Waals surface area contributed by atoms with E-state index in [1.807, 2.05) is 49.4 Å². The number of hydrogen-bond acceptors (Lipinski definition) is 6. The van der Waals surface area contributed by atoms with Crippen molar-refractivity contribution in [2.24, 2.45) is 0 Å². The maximum atomic E-state index is 13.0. The molecule has 4 rings (SSSR count). The standard InChI is InChI=1S/C26H31ClN4O4/c1-3-34-21-10-8-18(9-11-21)24-23(25(32)35-4-2)22(28-26(33)29-24)17-30-12-14-31(15-13-30)20-7-5-6-19(27)16-20/h5-11,16,24H,3-4,12-15,17H2,1-2H3,(H2,28,29,33)/t24-/m1/s1. The molecule has 0 unspecified atom stereocenters. The Hall–Kier alpha value is -3.23. The van der Waals surface area contributed by atoms with Crippen LogP contribution in [0.5, 0.6) is 5.75 Å². The number of anilines is 1. The second kappa shape index (κ2) is 11.5. The van der Waals surface area contributed by atoms with Crippen LogP contribution in [-0.2, 0) is 9.53 Å². The largest absolute Gasteiger partial charge is 0.494 e. The van der Waals surface area contributed by atoms with Gasteiger partial charge in [0.15, 0.2) is 0 Å². The van der Waals surface area contributed by atoms with E-state index in [4.69, 9.17) is 21.1 Å². The smallest absolute Gasteiger partial charge is 0.338 e. The first-order chi connectivity index (χ1) is 17.0. The van der Waals surface area contributed by atoms with E-state index >= 15 is 0 Å². The minimum Gasteiger partial charge on any atom is -0.494 e. The Morgan fingerprint density at radius 3 is 2.46 bits per heavy atom. The first-order valence-corrected chi connectivity index (χ1v) is 12.3. The van der Waals surface area contributed by atoms with E-state index in [1.54, 1.807) is 6.92 Å². The molecule has 0 saturated carbocycles. The van der Waals surface area contributed by atoms with E-state index in [-0.39, 0.29) is 12.6 Å². The Balaban J connectivity index is 1.54. The lowest BCUT2D eigenvalue weighted by molar-refractivity contribution is -0.139. The maximum Gasteiger partial charge on any atom is 0.338 e. The van der Waals surface area contributed by atoms with Gasteiger partial charge >= 0.3 is 12.0 Å². The summed E-state index contributed by atoms with van der Waals surface area (Å²) in [4.78, 5) is 30.2. The molecule has 2 aromatic rings. The number of benzene rings is 2. The molecule has 9 heteroatoms. The fourth-order valence-electron chi connectivity index (χ4n) is 4.43. The van der Waals surface area contributed by atoms with Crippen LogP contribution < -0.4 is 20.3 Å². The number of carbonyl (C=O) groups is 2. The number of esters is 1. The van der Waals surface area contributed by atoms with Crippen LogP contribution >= 0.6 is 11.6 Å². The molecular formula is C26H31ClN4O4. The number of ether oxygens (including phenoxy) is 2. The van der Waals surface area contributed by atoms with Gasteiger partial charge in [-0.3, -0.25) is 4.90 Å². The van der Waals surface area contributed by atoms with Gasteiger partial charge in [0, 0.05) is 49.1 Å². The third-order valence-corrected chi connectivity index (χ3v) is 6.34. The first kappa shape index (κ1) is 24.9. The molecule has 0 bridgehead atoms. The Labute approximate surface area is 210 Å². The number of nitrogens with zero attached hydrogens (tertiary/aromatic N) is 2. The second-order valence-electron chi connectivity index (χ2n) is 8.39. The zero-order valence-electron chi connectivity index (χ0n) is 20.1. The molecule has 1 atom stereocenters. The average Bonchev–Trinajstić information content (AvgIpc) is 2.85. The van der Waals surface area contributed by atoms with E-state index in [2.05, 4.69) is 26.5 Å². The van der Waals surface area contributed by atoms with Crippen LogP contribution in [0.15, 0.2) is 59.8 Å². The molecule has 0 spiro atoms.